The predicted molar refractivity (Wildman–Crippen MR) is 164 cm³/mol. The Morgan fingerprint density at radius 2 is 1.73 bits per heavy atom. The van der Waals surface area contributed by atoms with E-state index >= 15 is 0 Å². The van der Waals surface area contributed by atoms with Crippen molar-refractivity contribution < 1.29 is 34.8 Å². The summed E-state index contributed by atoms with van der Waals surface area (Å²) in [7, 11) is 0. The molecule has 2 bridgehead atoms. The fraction of sp³-hybridized carbons (Fsp3) is 0.545. The van der Waals surface area contributed by atoms with Gasteiger partial charge in [0.1, 0.15) is 11.6 Å². The number of carbonyl (C=O) groups excluding carboxylic acids is 2. The summed E-state index contributed by atoms with van der Waals surface area (Å²) in [5, 5.41) is 27.5. The highest BCUT2D eigenvalue weighted by molar-refractivity contribution is 5.84. The number of halogens is 2. The number of nitrogens with one attached hydrogen (secondary N) is 3. The van der Waals surface area contributed by atoms with E-state index in [1.807, 2.05) is 6.07 Å². The van der Waals surface area contributed by atoms with Gasteiger partial charge in [-0.2, -0.15) is 0 Å². The van der Waals surface area contributed by atoms with Crippen molar-refractivity contribution in [2.75, 3.05) is 26.2 Å². The number of fused-ring (bicyclic) bond motifs is 3. The van der Waals surface area contributed by atoms with E-state index in [1.165, 1.54) is 23.3 Å². The summed E-state index contributed by atoms with van der Waals surface area (Å²) in [5.41, 5.74) is 2.53. The third-order valence-corrected chi connectivity index (χ3v) is 9.06. The predicted octanol–water partition coefficient (Wildman–Crippen LogP) is 3.13. The van der Waals surface area contributed by atoms with E-state index in [0.717, 1.165) is 57.8 Å². The van der Waals surface area contributed by atoms with Gasteiger partial charge in [0.05, 0.1) is 12.1 Å². The molecule has 4 fully saturated rings. The van der Waals surface area contributed by atoms with Crippen molar-refractivity contribution >= 4 is 18.3 Å². The van der Waals surface area contributed by atoms with Crippen LogP contribution in [0.4, 0.5) is 8.78 Å². The lowest BCUT2D eigenvalue weighted by Crippen LogP contribution is -2.57. The van der Waals surface area contributed by atoms with E-state index in [-0.39, 0.29) is 57.1 Å². The Morgan fingerprint density at radius 1 is 1.07 bits per heavy atom. The second-order valence-corrected chi connectivity index (χ2v) is 12.2. The molecule has 2 aromatic rings. The number of hydrogen-bond acceptors (Lipinski definition) is 6. The summed E-state index contributed by atoms with van der Waals surface area (Å²) in [4.78, 5) is 36.3. The third-order valence-electron chi connectivity index (χ3n) is 9.06. The van der Waals surface area contributed by atoms with E-state index in [0.29, 0.717) is 11.5 Å². The van der Waals surface area contributed by atoms with Crippen molar-refractivity contribution in [2.45, 2.75) is 82.0 Å². The number of rotatable bonds is 13. The molecule has 6 rings (SSSR count). The van der Waals surface area contributed by atoms with Gasteiger partial charge >= 0.3 is 0 Å². The van der Waals surface area contributed by atoms with Crippen molar-refractivity contribution in [3.8, 4) is 0 Å². The molecule has 3 atom stereocenters. The number of carboxylic acid groups (broad SMARTS) is 1. The van der Waals surface area contributed by atoms with Crippen molar-refractivity contribution in [3.63, 3.8) is 0 Å². The minimum absolute atomic E-state index is 0. The summed E-state index contributed by atoms with van der Waals surface area (Å²) >= 11 is 0. The molecule has 3 saturated heterocycles. The molecule has 44 heavy (non-hydrogen) atoms. The van der Waals surface area contributed by atoms with Gasteiger partial charge in [-0.15, -0.1) is 0 Å². The molecule has 0 radical (unpaired) electrons. The molecule has 2 amide bonds. The lowest BCUT2D eigenvalue weighted by Gasteiger charge is -2.44. The first kappa shape index (κ1) is 33.5. The molecule has 11 heteroatoms. The van der Waals surface area contributed by atoms with Crippen LogP contribution in [0.2, 0.25) is 0 Å². The largest absolute Gasteiger partial charge is 0.483 e. The second kappa shape index (κ2) is 15.5. The molecular formula is C33H46F2N4O5. The Kier molecular flexibility index (Phi) is 11.8. The first-order chi connectivity index (χ1) is 21.1. The molecule has 0 aromatic heterocycles. The van der Waals surface area contributed by atoms with Crippen LogP contribution in [0.5, 0.6) is 0 Å². The zero-order valence-corrected chi connectivity index (χ0v) is 25.2. The summed E-state index contributed by atoms with van der Waals surface area (Å²) in [6.07, 6.45) is 4.03. The molecule has 0 spiro atoms. The SMILES string of the molecule is CCc1cccc(C2(NC[C@@H](O)[C@H](Cc3cc(F)cc(F)c3)NC(=O)CCC(=O)N[C@H]3CN4CCC3CC4)CC2)c1.O=CO.[HH]. The molecule has 0 unspecified atom stereocenters. The third kappa shape index (κ3) is 9.30. The van der Waals surface area contributed by atoms with Crippen molar-refractivity contribution in [3.05, 3.63) is 70.8 Å². The standard InChI is InChI=1S/C32H42F2N4O3.CH2O2.H2/c1-2-21-4-3-5-24(14-21)32(10-11-32)35-19-29(39)27(17-22-15-25(33)18-26(34)16-22)36-30(40)6-7-31(41)37-28-20-38-12-8-23(28)9-13-38;2-1-3;/h3-5,14-16,18,23,27-29,35,39H,2,6-13,17,19-20H2,1H3,(H,36,40)(H,37,41);1H,(H,2,3);1H/t27-,28-,29+;;/m0../s1. The Hall–Kier alpha value is -3.41. The van der Waals surface area contributed by atoms with Gasteiger partial charge in [0.25, 0.3) is 6.47 Å². The van der Waals surface area contributed by atoms with Crippen LogP contribution in [0.15, 0.2) is 42.5 Å². The summed E-state index contributed by atoms with van der Waals surface area (Å²) < 4.78 is 27.8. The number of carbonyl (C=O) groups is 3. The highest BCUT2D eigenvalue weighted by atomic mass is 19.1. The Bertz CT molecular complexity index is 1270. The van der Waals surface area contributed by atoms with Gasteiger partial charge in [-0.25, -0.2) is 8.78 Å². The summed E-state index contributed by atoms with van der Waals surface area (Å²) in [6.45, 7) is 5.08. The number of benzene rings is 2. The molecule has 1 saturated carbocycles. The number of piperidine rings is 3. The van der Waals surface area contributed by atoms with Gasteiger partial charge in [-0.3, -0.25) is 14.4 Å². The van der Waals surface area contributed by atoms with Crippen LogP contribution in [0.3, 0.4) is 0 Å². The van der Waals surface area contributed by atoms with E-state index in [4.69, 9.17) is 9.90 Å². The Morgan fingerprint density at radius 3 is 2.32 bits per heavy atom. The van der Waals surface area contributed by atoms with Crippen LogP contribution in [0, 0.1) is 17.6 Å². The Balaban J connectivity index is 0.00000133. The number of hydrogen-bond donors (Lipinski definition) is 5. The van der Waals surface area contributed by atoms with Crippen LogP contribution in [-0.4, -0.2) is 77.8 Å². The molecule has 3 aliphatic heterocycles. The molecule has 1 aliphatic carbocycles. The minimum atomic E-state index is -1.02. The van der Waals surface area contributed by atoms with Gasteiger partial charge in [0.15, 0.2) is 0 Å². The van der Waals surface area contributed by atoms with Gasteiger partial charge in [0, 0.05) is 45.0 Å². The summed E-state index contributed by atoms with van der Waals surface area (Å²) in [6, 6.07) is 11.0. The van der Waals surface area contributed by atoms with E-state index in [2.05, 4.69) is 46.0 Å². The molecule has 5 N–H and O–H groups in total. The van der Waals surface area contributed by atoms with Crippen molar-refractivity contribution in [2.24, 2.45) is 5.92 Å². The zero-order chi connectivity index (χ0) is 31.7. The first-order valence-corrected chi connectivity index (χ1v) is 15.5. The van der Waals surface area contributed by atoms with Crippen LogP contribution in [0.1, 0.15) is 63.6 Å². The Labute approximate surface area is 258 Å². The van der Waals surface area contributed by atoms with E-state index < -0.39 is 23.8 Å². The number of aliphatic hydroxyl groups excluding tert-OH is 1. The monoisotopic (exact) mass is 616 g/mol. The lowest BCUT2D eigenvalue weighted by molar-refractivity contribution is -0.128. The molecule has 4 aliphatic rings. The van der Waals surface area contributed by atoms with Gasteiger partial charge in [-0.1, -0.05) is 31.2 Å². The normalized spacial score (nSPS) is 22.6. The van der Waals surface area contributed by atoms with Crippen LogP contribution < -0.4 is 16.0 Å². The zero-order valence-electron chi connectivity index (χ0n) is 25.2. The molecule has 2 aromatic carbocycles. The summed E-state index contributed by atoms with van der Waals surface area (Å²) in [5.74, 6) is -1.47. The van der Waals surface area contributed by atoms with E-state index in [9.17, 15) is 23.5 Å². The topological polar surface area (TPSA) is 131 Å². The smallest absolute Gasteiger partial charge is 0.290 e. The minimum Gasteiger partial charge on any atom is -0.483 e. The fourth-order valence-corrected chi connectivity index (χ4v) is 6.40. The van der Waals surface area contributed by atoms with Gasteiger partial charge in [0.2, 0.25) is 11.8 Å². The molecule has 3 heterocycles. The van der Waals surface area contributed by atoms with Crippen molar-refractivity contribution in [1.29, 1.82) is 0 Å². The fourth-order valence-electron chi connectivity index (χ4n) is 6.40. The number of amides is 2. The average molecular weight is 617 g/mol. The van der Waals surface area contributed by atoms with Crippen LogP contribution in [0.25, 0.3) is 0 Å². The molecular weight excluding hydrogens is 570 g/mol. The second-order valence-electron chi connectivity index (χ2n) is 12.2. The molecule has 242 valence electrons. The van der Waals surface area contributed by atoms with Crippen LogP contribution in [-0.2, 0) is 32.8 Å². The maximum Gasteiger partial charge on any atom is 0.290 e. The van der Waals surface area contributed by atoms with E-state index in [1.54, 1.807) is 0 Å². The molecule has 9 nitrogen and oxygen atoms in total. The van der Waals surface area contributed by atoms with Crippen molar-refractivity contribution in [1.82, 2.24) is 20.9 Å². The number of aliphatic hydroxyl groups is 1. The highest BCUT2D eigenvalue weighted by Crippen LogP contribution is 2.45. The maximum atomic E-state index is 13.9. The quantitative estimate of drug-likeness (QED) is 0.219. The lowest BCUT2D eigenvalue weighted by atomic mass is 9.84. The first-order valence-electron chi connectivity index (χ1n) is 15.5. The number of nitrogens with zero attached hydrogens (tertiary/aromatic N) is 1. The van der Waals surface area contributed by atoms with Gasteiger partial charge < -0.3 is 31.1 Å². The average Bonchev–Trinajstić information content (AvgIpc) is 3.80. The number of aryl methyl sites for hydroxylation is 1. The maximum absolute atomic E-state index is 13.9. The highest BCUT2D eigenvalue weighted by Gasteiger charge is 2.44. The van der Waals surface area contributed by atoms with Crippen LogP contribution >= 0.6 is 0 Å². The van der Waals surface area contributed by atoms with Gasteiger partial charge in [-0.05, 0) is 86.4 Å².